The molecule has 4 heterocycles. The first-order valence-electron chi connectivity index (χ1n) is 9.91. The Morgan fingerprint density at radius 1 is 0.931 bits per heavy atom. The zero-order valence-electron chi connectivity index (χ0n) is 16.1. The summed E-state index contributed by atoms with van der Waals surface area (Å²) in [5, 5.41) is 0. The third kappa shape index (κ3) is 2.64. The SMILES string of the molecule is CC(C(=O)N1C[C@H]2C[C@@H](C1)c1cccc(=O)n1C2)N1C(=O)c2ccccc2C1=O. The lowest BCUT2D eigenvalue weighted by Gasteiger charge is -2.43. The van der Waals surface area contributed by atoms with Crippen LogP contribution in [0.5, 0.6) is 0 Å². The van der Waals surface area contributed by atoms with Crippen LogP contribution in [0.25, 0.3) is 0 Å². The molecule has 1 aromatic heterocycles. The molecule has 5 rings (SSSR count). The molecule has 7 nitrogen and oxygen atoms in total. The lowest BCUT2D eigenvalue weighted by Crippen LogP contribution is -2.55. The Kier molecular flexibility index (Phi) is 3.94. The summed E-state index contributed by atoms with van der Waals surface area (Å²) >= 11 is 0. The molecule has 3 atom stereocenters. The quantitative estimate of drug-likeness (QED) is 0.727. The number of hydrogen-bond acceptors (Lipinski definition) is 4. The Balaban J connectivity index is 1.39. The van der Waals surface area contributed by atoms with Crippen LogP contribution in [0, 0.1) is 5.92 Å². The Bertz CT molecular complexity index is 1070. The second-order valence-electron chi connectivity index (χ2n) is 8.14. The van der Waals surface area contributed by atoms with Gasteiger partial charge in [-0.15, -0.1) is 0 Å². The van der Waals surface area contributed by atoms with Crippen LogP contribution in [0.15, 0.2) is 47.3 Å². The number of fused-ring (bicyclic) bond motifs is 5. The van der Waals surface area contributed by atoms with E-state index in [1.807, 2.05) is 10.6 Å². The Morgan fingerprint density at radius 3 is 2.31 bits per heavy atom. The number of benzene rings is 1. The number of rotatable bonds is 2. The molecular weight excluding hydrogens is 370 g/mol. The van der Waals surface area contributed by atoms with Gasteiger partial charge in [0, 0.05) is 37.3 Å². The Labute approximate surface area is 167 Å². The van der Waals surface area contributed by atoms with Crippen LogP contribution in [0.4, 0.5) is 0 Å². The number of piperidine rings is 1. The number of likely N-dealkylation sites (tertiary alicyclic amines) is 1. The molecule has 29 heavy (non-hydrogen) atoms. The van der Waals surface area contributed by atoms with Crippen LogP contribution < -0.4 is 5.56 Å². The third-order valence-electron chi connectivity index (χ3n) is 6.36. The predicted octanol–water partition coefficient (Wildman–Crippen LogP) is 1.48. The van der Waals surface area contributed by atoms with Crippen molar-refractivity contribution in [2.24, 2.45) is 5.92 Å². The first kappa shape index (κ1) is 17.8. The van der Waals surface area contributed by atoms with Crippen LogP contribution in [-0.4, -0.2) is 51.2 Å². The maximum atomic E-state index is 13.2. The van der Waals surface area contributed by atoms with Crippen molar-refractivity contribution in [2.75, 3.05) is 13.1 Å². The Hall–Kier alpha value is -3.22. The van der Waals surface area contributed by atoms with Crippen LogP contribution in [0.2, 0.25) is 0 Å². The molecule has 0 saturated carbocycles. The molecule has 0 aliphatic carbocycles. The fraction of sp³-hybridized carbons (Fsp3) is 0.364. The molecule has 0 radical (unpaired) electrons. The highest BCUT2D eigenvalue weighted by Crippen LogP contribution is 2.35. The molecule has 2 aromatic rings. The van der Waals surface area contributed by atoms with Crippen molar-refractivity contribution in [2.45, 2.75) is 31.8 Å². The molecule has 0 N–H and O–H groups in total. The molecule has 2 bridgehead atoms. The van der Waals surface area contributed by atoms with Crippen molar-refractivity contribution in [1.29, 1.82) is 0 Å². The van der Waals surface area contributed by atoms with Gasteiger partial charge in [0.05, 0.1) is 11.1 Å². The number of nitrogens with zero attached hydrogens (tertiary/aromatic N) is 3. The summed E-state index contributed by atoms with van der Waals surface area (Å²) in [5.41, 5.74) is 1.65. The highest BCUT2D eigenvalue weighted by molar-refractivity contribution is 6.22. The van der Waals surface area contributed by atoms with E-state index in [0.717, 1.165) is 17.0 Å². The smallest absolute Gasteiger partial charge is 0.262 e. The zero-order chi connectivity index (χ0) is 20.3. The van der Waals surface area contributed by atoms with Gasteiger partial charge in [-0.25, -0.2) is 0 Å². The molecule has 3 aliphatic rings. The van der Waals surface area contributed by atoms with Crippen molar-refractivity contribution < 1.29 is 14.4 Å². The number of carbonyl (C=O) groups excluding carboxylic acids is 3. The number of pyridine rings is 1. The molecule has 1 unspecified atom stereocenters. The maximum absolute atomic E-state index is 13.2. The van der Waals surface area contributed by atoms with Gasteiger partial charge in [0.1, 0.15) is 6.04 Å². The number of imide groups is 1. The summed E-state index contributed by atoms with van der Waals surface area (Å²) in [7, 11) is 0. The number of amides is 3. The molecule has 0 spiro atoms. The lowest BCUT2D eigenvalue weighted by atomic mass is 9.83. The average Bonchev–Trinajstić information content (AvgIpc) is 2.98. The van der Waals surface area contributed by atoms with E-state index in [4.69, 9.17) is 0 Å². The summed E-state index contributed by atoms with van der Waals surface area (Å²) in [4.78, 5) is 53.7. The summed E-state index contributed by atoms with van der Waals surface area (Å²) in [5.74, 6) is -0.767. The highest BCUT2D eigenvalue weighted by atomic mass is 16.2. The van der Waals surface area contributed by atoms with E-state index in [-0.39, 0.29) is 23.3 Å². The van der Waals surface area contributed by atoms with Gasteiger partial charge in [0.25, 0.3) is 17.4 Å². The van der Waals surface area contributed by atoms with Gasteiger partial charge in [-0.3, -0.25) is 24.1 Å². The topological polar surface area (TPSA) is 79.7 Å². The fourth-order valence-electron chi connectivity index (χ4n) is 5.01. The van der Waals surface area contributed by atoms with E-state index in [1.165, 1.54) is 0 Å². The van der Waals surface area contributed by atoms with Gasteiger partial charge in [-0.05, 0) is 37.5 Å². The molecule has 3 amide bonds. The molecule has 148 valence electrons. The molecule has 7 heteroatoms. The number of aromatic nitrogens is 1. The first-order valence-corrected chi connectivity index (χ1v) is 9.91. The predicted molar refractivity (Wildman–Crippen MR) is 105 cm³/mol. The first-order chi connectivity index (χ1) is 14.0. The summed E-state index contributed by atoms with van der Waals surface area (Å²) in [6, 6.07) is 11.1. The Morgan fingerprint density at radius 2 is 1.62 bits per heavy atom. The van der Waals surface area contributed by atoms with Gasteiger partial charge < -0.3 is 9.47 Å². The van der Waals surface area contributed by atoms with Gasteiger partial charge in [-0.1, -0.05) is 18.2 Å². The maximum Gasteiger partial charge on any atom is 0.262 e. The lowest BCUT2D eigenvalue weighted by molar-refractivity contribution is -0.137. The normalized spacial score (nSPS) is 23.6. The van der Waals surface area contributed by atoms with Crippen molar-refractivity contribution in [1.82, 2.24) is 14.4 Å². The summed E-state index contributed by atoms with van der Waals surface area (Å²) in [6.45, 7) is 3.24. The van der Waals surface area contributed by atoms with Crippen molar-refractivity contribution in [3.05, 3.63) is 69.6 Å². The third-order valence-corrected chi connectivity index (χ3v) is 6.36. The molecule has 1 saturated heterocycles. The molecule has 1 aromatic carbocycles. The highest BCUT2D eigenvalue weighted by Gasteiger charge is 2.44. The number of hydrogen-bond donors (Lipinski definition) is 0. The van der Waals surface area contributed by atoms with E-state index >= 15 is 0 Å². The van der Waals surface area contributed by atoms with Gasteiger partial charge in [0.15, 0.2) is 0 Å². The second kappa shape index (κ2) is 6.40. The fourth-order valence-corrected chi connectivity index (χ4v) is 5.01. The van der Waals surface area contributed by atoms with E-state index in [1.54, 1.807) is 48.2 Å². The van der Waals surface area contributed by atoms with Crippen molar-refractivity contribution >= 4 is 17.7 Å². The van der Waals surface area contributed by atoms with Gasteiger partial charge >= 0.3 is 0 Å². The van der Waals surface area contributed by atoms with Gasteiger partial charge in [0.2, 0.25) is 5.91 Å². The molecule has 3 aliphatic heterocycles. The van der Waals surface area contributed by atoms with Crippen LogP contribution in [0.3, 0.4) is 0 Å². The van der Waals surface area contributed by atoms with Crippen LogP contribution in [-0.2, 0) is 11.3 Å². The average molecular weight is 391 g/mol. The van der Waals surface area contributed by atoms with E-state index in [0.29, 0.717) is 30.8 Å². The number of carbonyl (C=O) groups is 3. The standard InChI is InChI=1S/C22H21N3O4/c1-13(25-21(28)16-5-2-3-6-17(16)22(25)29)20(27)23-10-14-9-15(12-23)18-7-4-8-19(26)24(18)11-14/h2-8,13-15H,9-12H2,1H3/t13?,14-,15+/m1/s1. The van der Waals surface area contributed by atoms with Crippen molar-refractivity contribution in [3.63, 3.8) is 0 Å². The minimum Gasteiger partial charge on any atom is -0.340 e. The summed E-state index contributed by atoms with van der Waals surface area (Å²) in [6.07, 6.45) is 0.939. The largest absolute Gasteiger partial charge is 0.340 e. The van der Waals surface area contributed by atoms with Crippen LogP contribution in [0.1, 0.15) is 45.7 Å². The second-order valence-corrected chi connectivity index (χ2v) is 8.14. The minimum atomic E-state index is -0.862. The molecular formula is C22H21N3O4. The zero-order valence-corrected chi connectivity index (χ0v) is 16.1. The van der Waals surface area contributed by atoms with Gasteiger partial charge in [-0.2, -0.15) is 0 Å². The van der Waals surface area contributed by atoms with E-state index < -0.39 is 17.9 Å². The summed E-state index contributed by atoms with van der Waals surface area (Å²) < 4.78 is 1.81. The van der Waals surface area contributed by atoms with Crippen LogP contribution >= 0.6 is 0 Å². The molecule has 1 fully saturated rings. The van der Waals surface area contributed by atoms with E-state index in [9.17, 15) is 19.2 Å². The van der Waals surface area contributed by atoms with E-state index in [2.05, 4.69) is 0 Å². The van der Waals surface area contributed by atoms with Crippen molar-refractivity contribution in [3.8, 4) is 0 Å². The minimum absolute atomic E-state index is 0.00336. The monoisotopic (exact) mass is 391 g/mol.